The van der Waals surface area contributed by atoms with Gasteiger partial charge in [-0.15, -0.1) is 0 Å². The molecule has 1 saturated heterocycles. The van der Waals surface area contributed by atoms with Crippen molar-refractivity contribution in [2.75, 3.05) is 7.11 Å². The van der Waals surface area contributed by atoms with Crippen LogP contribution in [0.1, 0.15) is 34.6 Å². The fraction of sp³-hybridized carbons (Fsp3) is 0.556. The van der Waals surface area contributed by atoms with Gasteiger partial charge in [0.25, 0.3) is 0 Å². The number of aliphatic hydroxyl groups is 1. The lowest BCUT2D eigenvalue weighted by atomic mass is 9.69. The molecule has 35 heavy (non-hydrogen) atoms. The van der Waals surface area contributed by atoms with Crippen molar-refractivity contribution in [1.82, 2.24) is 0 Å². The van der Waals surface area contributed by atoms with E-state index in [-0.39, 0.29) is 11.4 Å². The first-order valence-electron chi connectivity index (χ1n) is 12.0. The molecule has 186 valence electrons. The Morgan fingerprint density at radius 3 is 2.43 bits per heavy atom. The van der Waals surface area contributed by atoms with E-state index >= 15 is 0 Å². The minimum Gasteiger partial charge on any atom is -0.411 e. The molecular formula is C27H33NO6Si. The summed E-state index contributed by atoms with van der Waals surface area (Å²) in [5, 5.41) is 11.5. The Morgan fingerprint density at radius 1 is 1.23 bits per heavy atom. The Hall–Kier alpha value is -2.55. The first kappa shape index (κ1) is 27.0. The van der Waals surface area contributed by atoms with E-state index in [2.05, 4.69) is 49.4 Å². The van der Waals surface area contributed by atoms with Gasteiger partial charge in [-0.2, -0.15) is 4.99 Å². The van der Waals surface area contributed by atoms with Gasteiger partial charge >= 0.3 is 0 Å². The van der Waals surface area contributed by atoms with Gasteiger partial charge < -0.3 is 19.0 Å². The number of aliphatic imine (C=N–C) groups is 1. The number of allylic oxidation sites excluding steroid dienone is 4. The minimum atomic E-state index is -2.12. The van der Waals surface area contributed by atoms with E-state index in [9.17, 15) is 14.7 Å². The van der Waals surface area contributed by atoms with E-state index < -0.39 is 43.4 Å². The van der Waals surface area contributed by atoms with Crippen LogP contribution in [-0.2, 0) is 23.5 Å². The van der Waals surface area contributed by atoms with Crippen LogP contribution in [-0.4, -0.2) is 61.5 Å². The molecule has 0 amide bonds. The fourth-order valence-electron chi connectivity index (χ4n) is 5.47. The van der Waals surface area contributed by atoms with Gasteiger partial charge in [0.05, 0.1) is 12.0 Å². The Kier molecular flexibility index (Phi) is 7.88. The van der Waals surface area contributed by atoms with E-state index in [1.807, 2.05) is 13.8 Å². The van der Waals surface area contributed by atoms with Crippen LogP contribution in [0.2, 0.25) is 18.1 Å². The molecule has 6 atom stereocenters. The van der Waals surface area contributed by atoms with E-state index in [1.165, 1.54) is 25.3 Å². The Bertz CT molecular complexity index is 1120. The summed E-state index contributed by atoms with van der Waals surface area (Å²) in [7, 11) is -0.756. The average Bonchev–Trinajstić information content (AvgIpc) is 3.58. The third-order valence-electron chi connectivity index (χ3n) is 7.70. The van der Waals surface area contributed by atoms with Gasteiger partial charge in [-0.25, -0.2) is 4.79 Å². The standard InChI is InChI=1S/C27H33NO6Si/c1-7-35(8-2,9-3)33-21(5)26-20(4)14-12-10-11-13-15-24(31)27(26,34-26)23-18-22(30)16-17-25(23,32-6)28-19-29/h10-11,16-18,20-21,24,31H,7-9H2,1-6H3/b11-10-/t20-,21+,24+,25-,26+,27-/m0/s1. The average molecular weight is 496 g/mol. The van der Waals surface area contributed by atoms with E-state index in [1.54, 1.807) is 18.2 Å². The number of rotatable bonds is 9. The normalized spacial score (nSPS) is 35.2. The summed E-state index contributed by atoms with van der Waals surface area (Å²) < 4.78 is 19.1. The number of fused-ring (bicyclic) bond motifs is 1. The molecule has 0 aromatic carbocycles. The molecule has 0 spiro atoms. The summed E-state index contributed by atoms with van der Waals surface area (Å²) in [5.41, 5.74) is -4.26. The number of ketones is 1. The number of aliphatic hydroxyl groups excluding tert-OH is 1. The van der Waals surface area contributed by atoms with Gasteiger partial charge in [0.15, 0.2) is 25.8 Å². The minimum absolute atomic E-state index is 0.176. The monoisotopic (exact) mass is 495 g/mol. The van der Waals surface area contributed by atoms with Crippen LogP contribution >= 0.6 is 0 Å². The first-order valence-corrected chi connectivity index (χ1v) is 14.5. The Balaban J connectivity index is 2.30. The van der Waals surface area contributed by atoms with Crippen molar-refractivity contribution in [2.45, 2.75) is 81.9 Å². The van der Waals surface area contributed by atoms with Crippen LogP contribution in [0.3, 0.4) is 0 Å². The van der Waals surface area contributed by atoms with Crippen molar-refractivity contribution < 1.29 is 28.6 Å². The molecular weight excluding hydrogens is 462 g/mol. The smallest absolute Gasteiger partial charge is 0.238 e. The van der Waals surface area contributed by atoms with E-state index in [0.717, 1.165) is 18.1 Å². The van der Waals surface area contributed by atoms with Gasteiger partial charge in [0.2, 0.25) is 11.8 Å². The highest BCUT2D eigenvalue weighted by molar-refractivity contribution is 6.73. The molecule has 0 radical (unpaired) electrons. The number of hydrogen-bond donors (Lipinski definition) is 1. The molecule has 0 aromatic heterocycles. The molecule has 0 saturated carbocycles. The maximum absolute atomic E-state index is 12.6. The summed E-state index contributed by atoms with van der Waals surface area (Å²) in [4.78, 5) is 28.0. The number of methoxy groups -OCH3 is 1. The highest BCUT2D eigenvalue weighted by atomic mass is 28.4. The molecule has 0 aromatic rings. The van der Waals surface area contributed by atoms with Crippen LogP contribution < -0.4 is 0 Å². The number of carbonyl (C=O) groups is 1. The lowest BCUT2D eigenvalue weighted by Crippen LogP contribution is -2.55. The van der Waals surface area contributed by atoms with Crippen molar-refractivity contribution in [3.63, 3.8) is 0 Å². The summed E-state index contributed by atoms with van der Waals surface area (Å²) >= 11 is 0. The maximum atomic E-state index is 12.6. The zero-order valence-electron chi connectivity index (χ0n) is 21.2. The third kappa shape index (κ3) is 4.21. The molecule has 3 aliphatic rings. The van der Waals surface area contributed by atoms with Crippen molar-refractivity contribution in [2.24, 2.45) is 10.9 Å². The Labute approximate surface area is 208 Å². The molecule has 3 rings (SSSR count). The van der Waals surface area contributed by atoms with Crippen LogP contribution in [0.4, 0.5) is 0 Å². The maximum Gasteiger partial charge on any atom is 0.238 e. The van der Waals surface area contributed by atoms with E-state index in [0.29, 0.717) is 0 Å². The zero-order valence-corrected chi connectivity index (χ0v) is 22.2. The first-order chi connectivity index (χ1) is 16.7. The fourth-order valence-corrected chi connectivity index (χ4v) is 8.39. The topological polar surface area (TPSA) is 97.7 Å². The lowest BCUT2D eigenvalue weighted by molar-refractivity contribution is -0.111. The largest absolute Gasteiger partial charge is 0.411 e. The quantitative estimate of drug-likeness (QED) is 0.173. The second-order valence-corrected chi connectivity index (χ2v) is 13.8. The van der Waals surface area contributed by atoms with Crippen LogP contribution in [0.15, 0.2) is 40.9 Å². The van der Waals surface area contributed by atoms with Crippen molar-refractivity contribution in [1.29, 1.82) is 0 Å². The molecule has 7 nitrogen and oxygen atoms in total. The number of hydrogen-bond acceptors (Lipinski definition) is 7. The summed E-state index contributed by atoms with van der Waals surface area (Å²) in [5.74, 6) is 11.0. The van der Waals surface area contributed by atoms with E-state index in [4.69, 9.17) is 13.9 Å². The summed E-state index contributed by atoms with van der Waals surface area (Å²) in [6.45, 7) is 10.2. The van der Waals surface area contributed by atoms with Gasteiger partial charge in [0, 0.05) is 12.7 Å². The third-order valence-corrected chi connectivity index (χ3v) is 12.4. The van der Waals surface area contributed by atoms with Gasteiger partial charge in [-0.05, 0) is 62.4 Å². The highest BCUT2D eigenvalue weighted by Gasteiger charge is 2.82. The molecule has 0 bridgehead atoms. The summed E-state index contributed by atoms with van der Waals surface area (Å²) in [6, 6.07) is 2.75. The molecule has 1 heterocycles. The molecule has 1 fully saturated rings. The second-order valence-electron chi connectivity index (χ2n) is 9.07. The van der Waals surface area contributed by atoms with Crippen molar-refractivity contribution in [3.05, 3.63) is 36.0 Å². The van der Waals surface area contributed by atoms with Crippen LogP contribution in [0.25, 0.3) is 0 Å². The lowest BCUT2D eigenvalue weighted by Gasteiger charge is -2.39. The predicted octanol–water partition coefficient (Wildman–Crippen LogP) is 3.22. The second kappa shape index (κ2) is 10.2. The van der Waals surface area contributed by atoms with Crippen molar-refractivity contribution >= 4 is 20.2 Å². The highest BCUT2D eigenvalue weighted by Crippen LogP contribution is 2.64. The Morgan fingerprint density at radius 2 is 1.86 bits per heavy atom. The zero-order chi connectivity index (χ0) is 25.9. The summed E-state index contributed by atoms with van der Waals surface area (Å²) in [6.07, 6.45) is 6.75. The molecule has 8 heteroatoms. The van der Waals surface area contributed by atoms with Crippen molar-refractivity contribution in [3.8, 4) is 23.7 Å². The molecule has 2 aliphatic carbocycles. The number of epoxide rings is 1. The van der Waals surface area contributed by atoms with Gasteiger partial charge in [-0.1, -0.05) is 44.5 Å². The number of ether oxygens (including phenoxy) is 2. The molecule has 0 unspecified atom stereocenters. The predicted molar refractivity (Wildman–Crippen MR) is 134 cm³/mol. The number of nitrogens with zero attached hydrogens (tertiary/aromatic N) is 1. The van der Waals surface area contributed by atoms with Gasteiger partial charge in [0.1, 0.15) is 5.60 Å². The van der Waals surface area contributed by atoms with Crippen LogP contribution in [0, 0.1) is 29.6 Å². The number of isocyanates is 1. The SMILES string of the molecule is CC[Si](CC)(CC)O[C@H](C)[C@@]12O[C@@]1(C1=CC(=O)C=C[C@]1(N=C=O)OC)[C@H](O)C#C/C=C\C#C[C@@H]2C. The molecule has 1 aliphatic heterocycles. The number of carbonyl (C=O) groups excluding carboxylic acids is 2. The molecule has 1 N–H and O–H groups in total. The van der Waals surface area contributed by atoms with Crippen LogP contribution in [0.5, 0.6) is 0 Å². The van der Waals surface area contributed by atoms with Gasteiger partial charge in [-0.3, -0.25) is 4.79 Å².